The number of aryl methyl sites for hydroxylation is 1. The zero-order valence-electron chi connectivity index (χ0n) is 20.0. The lowest BCUT2D eigenvalue weighted by atomic mass is 9.88. The van der Waals surface area contributed by atoms with Gasteiger partial charge in [0.1, 0.15) is 0 Å². The third-order valence-corrected chi connectivity index (χ3v) is 7.95. The van der Waals surface area contributed by atoms with Gasteiger partial charge in [0.15, 0.2) is 5.78 Å². The van der Waals surface area contributed by atoms with Gasteiger partial charge < -0.3 is 20.5 Å². The summed E-state index contributed by atoms with van der Waals surface area (Å²) < 4.78 is 0. The van der Waals surface area contributed by atoms with Crippen molar-refractivity contribution >= 4 is 34.0 Å². The SMILES string of the molecule is O=C1CCC(CC(=O)C(C2CCc3ccccc3N2)N2CCN(c3cccc4[nH]ccc34)CC2)N1. The normalized spacial score (nSPS) is 23.5. The van der Waals surface area contributed by atoms with Crippen LogP contribution in [0.4, 0.5) is 11.4 Å². The number of fused-ring (bicyclic) bond motifs is 2. The molecule has 1 amide bonds. The molecule has 0 bridgehead atoms. The number of aromatic nitrogens is 1. The molecule has 0 saturated carbocycles. The number of para-hydroxylation sites is 1. The number of amides is 1. The number of aromatic amines is 1. The van der Waals surface area contributed by atoms with Crippen LogP contribution in [0.5, 0.6) is 0 Å². The summed E-state index contributed by atoms with van der Waals surface area (Å²) >= 11 is 0. The fourth-order valence-electron chi connectivity index (χ4n) is 6.16. The van der Waals surface area contributed by atoms with E-state index in [4.69, 9.17) is 0 Å². The number of rotatable bonds is 6. The summed E-state index contributed by atoms with van der Waals surface area (Å²) in [6.07, 6.45) is 5.61. The molecule has 0 radical (unpaired) electrons. The molecule has 3 N–H and O–H groups in total. The van der Waals surface area contributed by atoms with Crippen LogP contribution in [0.25, 0.3) is 10.9 Å². The molecule has 2 saturated heterocycles. The Bertz CT molecular complexity index is 1230. The number of ketones is 1. The van der Waals surface area contributed by atoms with Crippen LogP contribution in [0.3, 0.4) is 0 Å². The van der Waals surface area contributed by atoms with Crippen molar-refractivity contribution in [2.24, 2.45) is 0 Å². The van der Waals surface area contributed by atoms with Gasteiger partial charge in [-0.25, -0.2) is 0 Å². The molecule has 3 atom stereocenters. The maximum atomic E-state index is 13.8. The molecule has 2 fully saturated rings. The zero-order valence-corrected chi connectivity index (χ0v) is 20.0. The monoisotopic (exact) mass is 471 g/mol. The van der Waals surface area contributed by atoms with Gasteiger partial charge in [-0.15, -0.1) is 0 Å². The molecular formula is C28H33N5O2. The number of benzene rings is 2. The van der Waals surface area contributed by atoms with E-state index in [0.717, 1.165) is 56.6 Å². The van der Waals surface area contributed by atoms with Crippen molar-refractivity contribution in [2.45, 2.75) is 50.2 Å². The van der Waals surface area contributed by atoms with Gasteiger partial charge in [0.25, 0.3) is 0 Å². The molecule has 182 valence electrons. The van der Waals surface area contributed by atoms with Gasteiger partial charge in [-0.2, -0.15) is 0 Å². The zero-order chi connectivity index (χ0) is 23.8. The lowest BCUT2D eigenvalue weighted by Gasteiger charge is -2.44. The van der Waals surface area contributed by atoms with Crippen LogP contribution in [-0.4, -0.2) is 65.9 Å². The highest BCUT2D eigenvalue weighted by Gasteiger charge is 2.38. The molecular weight excluding hydrogens is 438 g/mol. The Balaban J connectivity index is 1.20. The number of carbonyl (C=O) groups is 2. The number of carbonyl (C=O) groups excluding carboxylic acids is 2. The predicted octanol–water partition coefficient (Wildman–Crippen LogP) is 3.32. The Morgan fingerprint density at radius 2 is 1.80 bits per heavy atom. The lowest BCUT2D eigenvalue weighted by Crippen LogP contribution is -2.59. The molecule has 3 aliphatic heterocycles. The first-order valence-electron chi connectivity index (χ1n) is 12.9. The Hall–Kier alpha value is -3.32. The molecule has 0 spiro atoms. The van der Waals surface area contributed by atoms with Crippen molar-refractivity contribution in [1.82, 2.24) is 15.2 Å². The van der Waals surface area contributed by atoms with E-state index in [2.05, 4.69) is 73.9 Å². The van der Waals surface area contributed by atoms with Gasteiger partial charge in [-0.05, 0) is 49.1 Å². The van der Waals surface area contributed by atoms with Crippen LogP contribution in [0.15, 0.2) is 54.7 Å². The molecule has 7 heteroatoms. The first-order chi connectivity index (χ1) is 17.2. The number of Topliss-reactive ketones (excluding diaryl/α,β-unsaturated/α-hetero) is 1. The van der Waals surface area contributed by atoms with Gasteiger partial charge in [0.05, 0.1) is 6.04 Å². The first-order valence-corrected chi connectivity index (χ1v) is 12.9. The lowest BCUT2D eigenvalue weighted by molar-refractivity contribution is -0.125. The second kappa shape index (κ2) is 9.38. The van der Waals surface area contributed by atoms with Crippen LogP contribution in [0.1, 0.15) is 31.2 Å². The maximum absolute atomic E-state index is 13.8. The average molecular weight is 472 g/mol. The fraction of sp³-hybridized carbons (Fsp3) is 0.429. The maximum Gasteiger partial charge on any atom is 0.220 e. The summed E-state index contributed by atoms with van der Waals surface area (Å²) in [6.45, 7) is 3.46. The Morgan fingerprint density at radius 1 is 0.943 bits per heavy atom. The van der Waals surface area contributed by atoms with E-state index in [1.54, 1.807) is 0 Å². The van der Waals surface area contributed by atoms with Crippen LogP contribution in [0.2, 0.25) is 0 Å². The van der Waals surface area contributed by atoms with E-state index in [-0.39, 0.29) is 29.8 Å². The highest BCUT2D eigenvalue weighted by molar-refractivity contribution is 5.92. The van der Waals surface area contributed by atoms with E-state index in [9.17, 15) is 9.59 Å². The number of H-pyrrole nitrogens is 1. The number of nitrogens with zero attached hydrogens (tertiary/aromatic N) is 2. The van der Waals surface area contributed by atoms with E-state index in [1.807, 2.05) is 6.20 Å². The Kier molecular flexibility index (Phi) is 5.94. The number of anilines is 2. The minimum Gasteiger partial charge on any atom is -0.380 e. The molecule has 7 nitrogen and oxygen atoms in total. The van der Waals surface area contributed by atoms with Crippen LogP contribution in [0, 0.1) is 0 Å². The first kappa shape index (κ1) is 22.2. The largest absolute Gasteiger partial charge is 0.380 e. The van der Waals surface area contributed by atoms with Crippen molar-refractivity contribution in [3.8, 4) is 0 Å². The van der Waals surface area contributed by atoms with Gasteiger partial charge in [-0.3, -0.25) is 14.5 Å². The molecule has 2 aromatic carbocycles. The molecule has 6 rings (SSSR count). The van der Waals surface area contributed by atoms with Crippen molar-refractivity contribution in [3.63, 3.8) is 0 Å². The third kappa shape index (κ3) is 4.41. The standard InChI is InChI=1S/C28H33N5O2/c34-26(18-20-9-11-27(35)30-20)28(24-10-8-19-4-1-2-5-22(19)31-24)33-16-14-32(15-17-33)25-7-3-6-23-21(25)12-13-29-23/h1-7,12-13,20,24,28-29,31H,8-11,14-18H2,(H,30,35). The minimum atomic E-state index is -0.189. The van der Waals surface area contributed by atoms with E-state index >= 15 is 0 Å². The molecule has 35 heavy (non-hydrogen) atoms. The summed E-state index contributed by atoms with van der Waals surface area (Å²) in [7, 11) is 0. The predicted molar refractivity (Wildman–Crippen MR) is 139 cm³/mol. The topological polar surface area (TPSA) is 80.5 Å². The summed E-state index contributed by atoms with van der Waals surface area (Å²) in [4.78, 5) is 33.6. The second-order valence-electron chi connectivity index (χ2n) is 10.1. The van der Waals surface area contributed by atoms with Crippen molar-refractivity contribution in [3.05, 3.63) is 60.3 Å². The number of piperazine rings is 1. The highest BCUT2D eigenvalue weighted by atomic mass is 16.2. The van der Waals surface area contributed by atoms with Crippen LogP contribution in [-0.2, 0) is 16.0 Å². The average Bonchev–Trinajstić information content (AvgIpc) is 3.53. The molecule has 0 aliphatic carbocycles. The van der Waals surface area contributed by atoms with Gasteiger partial charge in [0, 0.05) is 79.6 Å². The molecule has 3 aromatic rings. The Morgan fingerprint density at radius 3 is 2.63 bits per heavy atom. The summed E-state index contributed by atoms with van der Waals surface area (Å²) in [6, 6.07) is 16.8. The fourth-order valence-corrected chi connectivity index (χ4v) is 6.16. The molecule has 3 unspecified atom stereocenters. The van der Waals surface area contributed by atoms with E-state index < -0.39 is 0 Å². The van der Waals surface area contributed by atoms with Crippen molar-refractivity contribution < 1.29 is 9.59 Å². The van der Waals surface area contributed by atoms with Gasteiger partial charge in [-0.1, -0.05) is 24.3 Å². The second-order valence-corrected chi connectivity index (χ2v) is 10.1. The van der Waals surface area contributed by atoms with Crippen molar-refractivity contribution in [2.75, 3.05) is 36.4 Å². The van der Waals surface area contributed by atoms with Gasteiger partial charge >= 0.3 is 0 Å². The molecule has 4 heterocycles. The summed E-state index contributed by atoms with van der Waals surface area (Å²) in [5.41, 5.74) is 4.88. The van der Waals surface area contributed by atoms with Crippen molar-refractivity contribution in [1.29, 1.82) is 0 Å². The number of hydrogen-bond donors (Lipinski definition) is 3. The minimum absolute atomic E-state index is 0.0270. The summed E-state index contributed by atoms with van der Waals surface area (Å²) in [5, 5.41) is 7.95. The third-order valence-electron chi connectivity index (χ3n) is 7.95. The molecule has 1 aromatic heterocycles. The molecule has 3 aliphatic rings. The number of hydrogen-bond acceptors (Lipinski definition) is 5. The smallest absolute Gasteiger partial charge is 0.220 e. The number of nitrogens with one attached hydrogen (secondary N) is 3. The summed E-state index contributed by atoms with van der Waals surface area (Å²) in [5.74, 6) is 0.312. The van der Waals surface area contributed by atoms with Crippen LogP contribution >= 0.6 is 0 Å². The Labute approximate surface area is 205 Å². The van der Waals surface area contributed by atoms with Gasteiger partial charge in [0.2, 0.25) is 5.91 Å². The van der Waals surface area contributed by atoms with E-state index in [1.165, 1.54) is 16.6 Å². The van der Waals surface area contributed by atoms with E-state index in [0.29, 0.717) is 12.8 Å². The quantitative estimate of drug-likeness (QED) is 0.514. The van der Waals surface area contributed by atoms with Crippen LogP contribution < -0.4 is 15.5 Å². The highest BCUT2D eigenvalue weighted by Crippen LogP contribution is 2.31.